The van der Waals surface area contributed by atoms with E-state index >= 15 is 0 Å². The normalized spacial score (nSPS) is 20.3. The fraction of sp³-hybridized carbons (Fsp3) is 0.333. The van der Waals surface area contributed by atoms with Gasteiger partial charge in [0.25, 0.3) is 0 Å². The Morgan fingerprint density at radius 1 is 0.759 bits per heavy atom. The Morgan fingerprint density at radius 3 is 1.79 bits per heavy atom. The molecule has 0 radical (unpaired) electrons. The highest BCUT2D eigenvalue weighted by Gasteiger charge is 2.33. The van der Waals surface area contributed by atoms with Crippen molar-refractivity contribution in [3.8, 4) is 0 Å². The van der Waals surface area contributed by atoms with Crippen molar-refractivity contribution >= 4 is 0 Å². The lowest BCUT2D eigenvalue weighted by Gasteiger charge is -2.43. The fourth-order valence-electron chi connectivity index (χ4n) is 4.49. The van der Waals surface area contributed by atoms with E-state index in [0.717, 1.165) is 19.4 Å². The molecule has 1 aliphatic heterocycles. The summed E-state index contributed by atoms with van der Waals surface area (Å²) in [5, 5.41) is 0. The van der Waals surface area contributed by atoms with E-state index in [1.165, 1.54) is 16.7 Å². The Hall–Kier alpha value is -2.42. The maximum atomic E-state index is 6.82. The largest absolute Gasteiger partial charge is 0.365 e. The van der Waals surface area contributed by atoms with Gasteiger partial charge < -0.3 is 4.74 Å². The van der Waals surface area contributed by atoms with Crippen molar-refractivity contribution in [3.05, 3.63) is 108 Å². The van der Waals surface area contributed by atoms with Crippen molar-refractivity contribution in [2.45, 2.75) is 51.0 Å². The Morgan fingerprint density at radius 2 is 1.28 bits per heavy atom. The third-order valence-corrected chi connectivity index (χ3v) is 5.98. The molecular weight excluding hydrogens is 354 g/mol. The number of ether oxygens (including phenoxy) is 1. The number of likely N-dealkylation sites (tertiary alicyclic amines) is 1. The molecule has 0 N–H and O–H groups in total. The first-order valence-electron chi connectivity index (χ1n) is 10.8. The fourth-order valence-corrected chi connectivity index (χ4v) is 4.49. The van der Waals surface area contributed by atoms with Crippen LogP contribution >= 0.6 is 0 Å². The van der Waals surface area contributed by atoms with Crippen molar-refractivity contribution in [1.29, 1.82) is 0 Å². The molecule has 2 nitrogen and oxygen atoms in total. The van der Waals surface area contributed by atoms with E-state index < -0.39 is 0 Å². The lowest BCUT2D eigenvalue weighted by molar-refractivity contribution is -0.0518. The van der Waals surface area contributed by atoms with E-state index in [-0.39, 0.29) is 12.2 Å². The maximum absolute atomic E-state index is 6.82. The molecule has 0 saturated carbocycles. The Balaban J connectivity index is 1.58. The third kappa shape index (κ3) is 4.77. The van der Waals surface area contributed by atoms with E-state index in [0.29, 0.717) is 12.1 Å². The van der Waals surface area contributed by atoms with Gasteiger partial charge in [0, 0.05) is 18.6 Å². The second-order valence-electron chi connectivity index (χ2n) is 8.24. The lowest BCUT2D eigenvalue weighted by atomic mass is 9.91. The summed E-state index contributed by atoms with van der Waals surface area (Å²) >= 11 is 0. The average molecular weight is 386 g/mol. The molecule has 0 aliphatic carbocycles. The second kappa shape index (κ2) is 9.39. The molecule has 1 fully saturated rings. The van der Waals surface area contributed by atoms with Crippen molar-refractivity contribution in [2.75, 3.05) is 6.54 Å². The lowest BCUT2D eigenvalue weighted by Crippen LogP contribution is -2.43. The van der Waals surface area contributed by atoms with Crippen LogP contribution in [0.1, 0.15) is 55.5 Å². The first kappa shape index (κ1) is 19.9. The topological polar surface area (TPSA) is 12.5 Å². The quantitative estimate of drug-likeness (QED) is 0.486. The van der Waals surface area contributed by atoms with Crippen LogP contribution in [0.2, 0.25) is 0 Å². The molecule has 0 aromatic heterocycles. The van der Waals surface area contributed by atoms with Gasteiger partial charge in [-0.2, -0.15) is 0 Å². The van der Waals surface area contributed by atoms with Crippen molar-refractivity contribution < 1.29 is 4.74 Å². The number of piperidine rings is 1. The zero-order chi connectivity index (χ0) is 20.1. The minimum Gasteiger partial charge on any atom is -0.365 e. The number of hydrogen-bond donors (Lipinski definition) is 0. The number of hydrogen-bond acceptors (Lipinski definition) is 2. The molecule has 0 bridgehead atoms. The average Bonchev–Trinajstić information content (AvgIpc) is 2.79. The zero-order valence-corrected chi connectivity index (χ0v) is 17.4. The van der Waals surface area contributed by atoms with Crippen LogP contribution in [0.3, 0.4) is 0 Å². The first-order chi connectivity index (χ1) is 14.2. The summed E-state index contributed by atoms with van der Waals surface area (Å²) in [6, 6.07) is 33.1. The third-order valence-electron chi connectivity index (χ3n) is 5.98. The Kier molecular flexibility index (Phi) is 6.43. The molecule has 29 heavy (non-hydrogen) atoms. The predicted molar refractivity (Wildman–Crippen MR) is 120 cm³/mol. The monoisotopic (exact) mass is 385 g/mol. The summed E-state index contributed by atoms with van der Waals surface area (Å²) < 4.78 is 6.82. The number of benzene rings is 3. The van der Waals surface area contributed by atoms with Gasteiger partial charge in [0.2, 0.25) is 0 Å². The van der Waals surface area contributed by atoms with Crippen molar-refractivity contribution in [1.82, 2.24) is 4.90 Å². The minimum absolute atomic E-state index is 0.0237. The van der Waals surface area contributed by atoms with Gasteiger partial charge in [-0.1, -0.05) is 91.0 Å². The van der Waals surface area contributed by atoms with Crippen LogP contribution in [0.15, 0.2) is 91.0 Å². The summed E-state index contributed by atoms with van der Waals surface area (Å²) in [6.45, 7) is 5.67. The summed E-state index contributed by atoms with van der Waals surface area (Å²) in [6.07, 6.45) is 2.31. The first-order valence-corrected chi connectivity index (χ1v) is 10.8. The minimum atomic E-state index is -0.0237. The molecule has 150 valence electrons. The van der Waals surface area contributed by atoms with Gasteiger partial charge in [-0.15, -0.1) is 0 Å². The van der Waals surface area contributed by atoms with E-state index in [9.17, 15) is 0 Å². The molecule has 1 aliphatic rings. The molecule has 2 atom stereocenters. The van der Waals surface area contributed by atoms with Crippen LogP contribution in [-0.4, -0.2) is 23.6 Å². The number of nitrogens with zero attached hydrogens (tertiary/aromatic N) is 1. The van der Waals surface area contributed by atoms with Crippen LogP contribution < -0.4 is 0 Å². The van der Waals surface area contributed by atoms with E-state index in [1.54, 1.807) is 0 Å². The second-order valence-corrected chi connectivity index (χ2v) is 8.24. The highest BCUT2D eigenvalue weighted by atomic mass is 16.5. The SMILES string of the molecule is CC(C)N1CC[C@H](OC(c2ccccc2)c2ccccc2)C[C@@H]1c1ccccc1. The molecule has 0 unspecified atom stereocenters. The molecular formula is C27H31NO. The summed E-state index contributed by atoms with van der Waals surface area (Å²) in [7, 11) is 0. The van der Waals surface area contributed by atoms with Crippen LogP contribution in [0.5, 0.6) is 0 Å². The summed E-state index contributed by atoms with van der Waals surface area (Å²) in [5.74, 6) is 0. The standard InChI is InChI=1S/C27H31NO/c1-21(2)28-19-18-25(20-26(28)22-12-6-3-7-13-22)29-27(23-14-8-4-9-15-23)24-16-10-5-11-17-24/h3-17,21,25-27H,18-20H2,1-2H3/t25-,26+/m0/s1. The van der Waals surface area contributed by atoms with Crippen molar-refractivity contribution in [2.24, 2.45) is 0 Å². The zero-order valence-electron chi connectivity index (χ0n) is 17.4. The highest BCUT2D eigenvalue weighted by molar-refractivity contribution is 5.30. The molecule has 4 rings (SSSR count). The highest BCUT2D eigenvalue weighted by Crippen LogP contribution is 2.37. The van der Waals surface area contributed by atoms with Gasteiger partial charge in [-0.25, -0.2) is 0 Å². The van der Waals surface area contributed by atoms with E-state index in [1.807, 2.05) is 0 Å². The van der Waals surface area contributed by atoms with E-state index in [2.05, 4.69) is 110 Å². The molecule has 3 aromatic rings. The molecule has 2 heteroatoms. The molecule has 0 spiro atoms. The van der Waals surface area contributed by atoms with Crippen LogP contribution in [0.4, 0.5) is 0 Å². The van der Waals surface area contributed by atoms with Gasteiger partial charge in [-0.05, 0) is 43.4 Å². The summed E-state index contributed by atoms with van der Waals surface area (Å²) in [4.78, 5) is 2.62. The van der Waals surface area contributed by atoms with E-state index in [4.69, 9.17) is 4.74 Å². The molecule has 1 heterocycles. The number of rotatable bonds is 6. The van der Waals surface area contributed by atoms with Crippen LogP contribution in [0.25, 0.3) is 0 Å². The van der Waals surface area contributed by atoms with Gasteiger partial charge in [0.05, 0.1) is 6.10 Å². The van der Waals surface area contributed by atoms with Gasteiger partial charge >= 0.3 is 0 Å². The van der Waals surface area contributed by atoms with Gasteiger partial charge in [0.1, 0.15) is 6.10 Å². The molecule has 1 saturated heterocycles. The predicted octanol–water partition coefficient (Wildman–Crippen LogP) is 6.41. The molecule has 0 amide bonds. The van der Waals surface area contributed by atoms with Crippen LogP contribution in [0, 0.1) is 0 Å². The van der Waals surface area contributed by atoms with Crippen molar-refractivity contribution in [3.63, 3.8) is 0 Å². The maximum Gasteiger partial charge on any atom is 0.108 e. The van der Waals surface area contributed by atoms with Gasteiger partial charge in [-0.3, -0.25) is 4.90 Å². The Labute approximate surface area is 175 Å². The van der Waals surface area contributed by atoms with Crippen LogP contribution in [-0.2, 0) is 4.74 Å². The molecule has 3 aromatic carbocycles. The summed E-state index contributed by atoms with van der Waals surface area (Å²) in [5.41, 5.74) is 3.84. The smallest absolute Gasteiger partial charge is 0.108 e. The van der Waals surface area contributed by atoms with Gasteiger partial charge in [0.15, 0.2) is 0 Å². The Bertz CT molecular complexity index is 823.